The van der Waals surface area contributed by atoms with Crippen molar-refractivity contribution in [3.63, 3.8) is 0 Å². The molecule has 0 aliphatic heterocycles. The van der Waals surface area contributed by atoms with E-state index < -0.39 is 29.2 Å². The molecule has 0 saturated heterocycles. The molecule has 0 amide bonds. The maximum atomic E-state index is 12.1. The van der Waals surface area contributed by atoms with E-state index >= 15 is 0 Å². The molecule has 0 aromatic heterocycles. The Morgan fingerprint density at radius 3 is 1.94 bits per heavy atom. The lowest BCUT2D eigenvalue weighted by atomic mass is 9.77. The third kappa shape index (κ3) is 3.50. The van der Waals surface area contributed by atoms with Gasteiger partial charge in [-0.3, -0.25) is 9.59 Å². The summed E-state index contributed by atoms with van der Waals surface area (Å²) < 4.78 is 0. The Morgan fingerprint density at radius 2 is 1.61 bits per heavy atom. The molecule has 0 radical (unpaired) electrons. The first-order valence-corrected chi connectivity index (χ1v) is 6.19. The van der Waals surface area contributed by atoms with Gasteiger partial charge in [-0.25, -0.2) is 0 Å². The van der Waals surface area contributed by atoms with E-state index in [2.05, 4.69) is 0 Å². The number of carbonyl (C=O) groups is 2. The van der Waals surface area contributed by atoms with Crippen molar-refractivity contribution in [3.05, 3.63) is 11.1 Å². The summed E-state index contributed by atoms with van der Waals surface area (Å²) >= 11 is 0. The largest absolute Gasteiger partial charge is 0.392 e. The molecule has 4 nitrogen and oxygen atoms in total. The number of ketones is 2. The molecule has 0 aromatic carbocycles. The molecule has 0 heterocycles. The Kier molecular flexibility index (Phi) is 5.90. The molecule has 0 aromatic rings. The van der Waals surface area contributed by atoms with Crippen LogP contribution in [0.15, 0.2) is 11.1 Å². The number of hydrogen-bond acceptors (Lipinski definition) is 4. The molecule has 0 aliphatic rings. The fraction of sp³-hybridized carbons (Fsp3) is 0.714. The van der Waals surface area contributed by atoms with Crippen molar-refractivity contribution in [1.29, 1.82) is 0 Å². The van der Waals surface area contributed by atoms with E-state index in [1.807, 2.05) is 0 Å². The second-order valence-corrected chi connectivity index (χ2v) is 5.29. The highest BCUT2D eigenvalue weighted by atomic mass is 16.3. The zero-order valence-electron chi connectivity index (χ0n) is 12.1. The van der Waals surface area contributed by atoms with Crippen LogP contribution in [0.4, 0.5) is 0 Å². The summed E-state index contributed by atoms with van der Waals surface area (Å²) in [6.07, 6.45) is -1.21. The second-order valence-electron chi connectivity index (χ2n) is 5.29. The van der Waals surface area contributed by atoms with Crippen LogP contribution in [-0.2, 0) is 9.59 Å². The van der Waals surface area contributed by atoms with Crippen LogP contribution in [0, 0.1) is 5.41 Å². The molecule has 4 heteroatoms. The molecule has 0 saturated carbocycles. The quantitative estimate of drug-likeness (QED) is 0.559. The SMILES string of the molecule is CC[C@@H](O)C(C)(C)C(=O)C(=O)/C(C)=C(\C)[C@H](C)O. The van der Waals surface area contributed by atoms with E-state index in [0.717, 1.165) is 0 Å². The predicted molar refractivity (Wildman–Crippen MR) is 70.1 cm³/mol. The maximum absolute atomic E-state index is 12.1. The first-order valence-electron chi connectivity index (χ1n) is 6.19. The van der Waals surface area contributed by atoms with Gasteiger partial charge in [0.05, 0.1) is 17.6 Å². The Labute approximate surface area is 109 Å². The van der Waals surface area contributed by atoms with Gasteiger partial charge in [-0.15, -0.1) is 0 Å². The molecule has 0 rings (SSSR count). The molecule has 0 bridgehead atoms. The molecule has 0 aliphatic carbocycles. The van der Waals surface area contributed by atoms with Crippen LogP contribution < -0.4 is 0 Å². The van der Waals surface area contributed by atoms with E-state index in [4.69, 9.17) is 0 Å². The standard InChI is InChI=1S/C14H24O4/c1-7-11(16)14(5,6)13(18)12(17)9(3)8(2)10(4)15/h10-11,15-16H,7H2,1-6H3/b9-8+/t10-,11+/m0/s1. The topological polar surface area (TPSA) is 74.6 Å². The molecule has 0 fully saturated rings. The maximum Gasteiger partial charge on any atom is 0.224 e. The number of rotatable bonds is 6. The molecular weight excluding hydrogens is 232 g/mol. The number of Topliss-reactive ketones (excluding diaryl/α,β-unsaturated/α-hetero) is 2. The highest BCUT2D eigenvalue weighted by Gasteiger charge is 2.39. The Hall–Kier alpha value is -1.00. The minimum atomic E-state index is -1.11. The predicted octanol–water partition coefficient (Wildman–Crippen LogP) is 1.64. The lowest BCUT2D eigenvalue weighted by molar-refractivity contribution is -0.143. The minimum absolute atomic E-state index is 0.256. The highest BCUT2D eigenvalue weighted by Crippen LogP contribution is 2.26. The van der Waals surface area contributed by atoms with Crippen molar-refractivity contribution in [2.75, 3.05) is 0 Å². The lowest BCUT2D eigenvalue weighted by Gasteiger charge is -2.27. The van der Waals surface area contributed by atoms with E-state index in [-0.39, 0.29) is 5.57 Å². The third-order valence-electron chi connectivity index (χ3n) is 3.57. The van der Waals surface area contributed by atoms with Gasteiger partial charge in [-0.2, -0.15) is 0 Å². The summed E-state index contributed by atoms with van der Waals surface area (Å²) in [5, 5.41) is 19.2. The minimum Gasteiger partial charge on any atom is -0.392 e. The molecule has 2 N–H and O–H groups in total. The Morgan fingerprint density at radius 1 is 1.17 bits per heavy atom. The molecule has 0 spiro atoms. The lowest BCUT2D eigenvalue weighted by Crippen LogP contribution is -2.41. The van der Waals surface area contributed by atoms with Crippen LogP contribution in [0.25, 0.3) is 0 Å². The van der Waals surface area contributed by atoms with Crippen molar-refractivity contribution in [1.82, 2.24) is 0 Å². The van der Waals surface area contributed by atoms with Gasteiger partial charge in [0.25, 0.3) is 0 Å². The smallest absolute Gasteiger partial charge is 0.224 e. The van der Waals surface area contributed by atoms with Crippen LogP contribution in [0.1, 0.15) is 48.0 Å². The van der Waals surface area contributed by atoms with Crippen molar-refractivity contribution in [2.45, 2.75) is 60.2 Å². The summed E-state index contributed by atoms with van der Waals surface area (Å²) in [5.74, 6) is -1.25. The fourth-order valence-electron chi connectivity index (χ4n) is 1.62. The number of aliphatic hydroxyl groups excluding tert-OH is 2. The van der Waals surface area contributed by atoms with Gasteiger partial charge in [-0.1, -0.05) is 6.92 Å². The van der Waals surface area contributed by atoms with Crippen molar-refractivity contribution in [2.24, 2.45) is 5.41 Å². The fourth-order valence-corrected chi connectivity index (χ4v) is 1.62. The summed E-state index contributed by atoms with van der Waals surface area (Å²) in [4.78, 5) is 24.1. The highest BCUT2D eigenvalue weighted by molar-refractivity contribution is 6.45. The van der Waals surface area contributed by atoms with Gasteiger partial charge in [0.2, 0.25) is 11.6 Å². The van der Waals surface area contributed by atoms with E-state index in [1.165, 1.54) is 6.92 Å². The van der Waals surface area contributed by atoms with Crippen molar-refractivity contribution < 1.29 is 19.8 Å². The van der Waals surface area contributed by atoms with Crippen LogP contribution in [-0.4, -0.2) is 34.0 Å². The van der Waals surface area contributed by atoms with Gasteiger partial charge in [-0.05, 0) is 46.6 Å². The van der Waals surface area contributed by atoms with Gasteiger partial charge in [0.1, 0.15) is 0 Å². The third-order valence-corrected chi connectivity index (χ3v) is 3.57. The number of hydrogen-bond donors (Lipinski definition) is 2. The van der Waals surface area contributed by atoms with Gasteiger partial charge >= 0.3 is 0 Å². The number of aliphatic hydroxyl groups is 2. The molecule has 2 atom stereocenters. The number of carbonyl (C=O) groups excluding carboxylic acids is 2. The van der Waals surface area contributed by atoms with Gasteiger partial charge < -0.3 is 10.2 Å². The van der Waals surface area contributed by atoms with Crippen LogP contribution >= 0.6 is 0 Å². The summed E-state index contributed by atoms with van der Waals surface area (Å²) in [7, 11) is 0. The molecule has 0 unspecified atom stereocenters. The molecule has 18 heavy (non-hydrogen) atoms. The normalized spacial score (nSPS) is 16.9. The Balaban J connectivity index is 5.26. The van der Waals surface area contributed by atoms with Crippen molar-refractivity contribution >= 4 is 11.6 Å². The van der Waals surface area contributed by atoms with Crippen molar-refractivity contribution in [3.8, 4) is 0 Å². The summed E-state index contributed by atoms with van der Waals surface area (Å²) in [6, 6.07) is 0. The second kappa shape index (κ2) is 6.25. The summed E-state index contributed by atoms with van der Waals surface area (Å²) in [5.41, 5.74) is -0.368. The Bertz CT molecular complexity index is 364. The van der Waals surface area contributed by atoms with Crippen LogP contribution in [0.2, 0.25) is 0 Å². The average molecular weight is 256 g/mol. The van der Waals surface area contributed by atoms with Gasteiger partial charge in [0, 0.05) is 5.57 Å². The average Bonchev–Trinajstić information content (AvgIpc) is 2.33. The zero-order chi connectivity index (χ0) is 14.7. The summed E-state index contributed by atoms with van der Waals surface area (Å²) in [6.45, 7) is 9.57. The van der Waals surface area contributed by atoms with Crippen LogP contribution in [0.5, 0.6) is 0 Å². The van der Waals surface area contributed by atoms with Crippen LogP contribution in [0.3, 0.4) is 0 Å². The van der Waals surface area contributed by atoms with E-state index in [1.54, 1.807) is 34.6 Å². The van der Waals surface area contributed by atoms with E-state index in [9.17, 15) is 19.8 Å². The first kappa shape index (κ1) is 17.0. The van der Waals surface area contributed by atoms with E-state index in [0.29, 0.717) is 12.0 Å². The van der Waals surface area contributed by atoms with Gasteiger partial charge in [0.15, 0.2) is 0 Å². The monoisotopic (exact) mass is 256 g/mol. The molecular formula is C14H24O4. The first-order chi connectivity index (χ1) is 8.07. The zero-order valence-corrected chi connectivity index (χ0v) is 12.1. The number of allylic oxidation sites excluding steroid dienone is 1. The molecule has 104 valence electrons.